The van der Waals surface area contributed by atoms with Gasteiger partial charge in [0.1, 0.15) is 5.69 Å². The van der Waals surface area contributed by atoms with E-state index in [-0.39, 0.29) is 6.04 Å². The zero-order chi connectivity index (χ0) is 24.5. The van der Waals surface area contributed by atoms with Gasteiger partial charge in [0.25, 0.3) is 0 Å². The van der Waals surface area contributed by atoms with Gasteiger partial charge in [0, 0.05) is 24.0 Å². The van der Waals surface area contributed by atoms with Crippen LogP contribution in [0.4, 0.5) is 20.2 Å². The fourth-order valence-electron chi connectivity index (χ4n) is 4.02. The lowest BCUT2D eigenvalue weighted by Gasteiger charge is -2.20. The van der Waals surface area contributed by atoms with Crippen LogP contribution in [0.3, 0.4) is 0 Å². The van der Waals surface area contributed by atoms with Crippen molar-refractivity contribution in [1.29, 1.82) is 0 Å². The number of fused-ring (bicyclic) bond motifs is 2. The van der Waals surface area contributed by atoms with Gasteiger partial charge in [0.15, 0.2) is 11.6 Å². The Labute approximate surface area is 200 Å². The summed E-state index contributed by atoms with van der Waals surface area (Å²) in [5, 5.41) is 4.06. The third-order valence-electron chi connectivity index (χ3n) is 5.49. The first-order valence-electron chi connectivity index (χ1n) is 11.2. The Morgan fingerprint density at radius 2 is 1.77 bits per heavy atom. The van der Waals surface area contributed by atoms with Gasteiger partial charge in [-0.1, -0.05) is 12.1 Å². The van der Waals surface area contributed by atoms with Crippen LogP contribution in [0, 0.1) is 11.6 Å². The summed E-state index contributed by atoms with van der Waals surface area (Å²) in [6.45, 7) is 3.97. The lowest BCUT2D eigenvalue weighted by Crippen LogP contribution is -2.17. The molecule has 1 aliphatic heterocycles. The van der Waals surface area contributed by atoms with E-state index >= 15 is 0 Å². The van der Waals surface area contributed by atoms with Crippen molar-refractivity contribution in [3.8, 4) is 23.0 Å². The highest BCUT2D eigenvalue weighted by Crippen LogP contribution is 2.32. The minimum absolute atomic E-state index is 0.00826. The topological polar surface area (TPSA) is 64.3 Å². The van der Waals surface area contributed by atoms with Gasteiger partial charge >= 0.3 is 0 Å². The Kier molecular flexibility index (Phi) is 5.86. The molecule has 1 aliphatic carbocycles. The molecule has 6 nitrogen and oxygen atoms in total. The molecule has 176 valence electrons. The second-order valence-corrected chi connectivity index (χ2v) is 8.30. The predicted octanol–water partition coefficient (Wildman–Crippen LogP) is 5.86. The molecular weight excluding hydrogens is 448 g/mol. The van der Waals surface area contributed by atoms with E-state index in [2.05, 4.69) is 10.3 Å². The van der Waals surface area contributed by atoms with Crippen LogP contribution in [-0.4, -0.2) is 27.7 Å². The van der Waals surface area contributed by atoms with Crippen LogP contribution >= 0.6 is 0 Å². The van der Waals surface area contributed by atoms with E-state index in [1.54, 1.807) is 19.4 Å². The summed E-state index contributed by atoms with van der Waals surface area (Å²) in [6.07, 6.45) is 1.66. The molecule has 1 aromatic heterocycles. The smallest absolute Gasteiger partial charge is 0.237 e. The van der Waals surface area contributed by atoms with Gasteiger partial charge in [-0.2, -0.15) is 0 Å². The van der Waals surface area contributed by atoms with Crippen molar-refractivity contribution >= 4 is 22.4 Å². The van der Waals surface area contributed by atoms with Gasteiger partial charge in [-0.15, -0.1) is 0 Å². The van der Waals surface area contributed by atoms with Crippen molar-refractivity contribution in [2.75, 3.05) is 12.4 Å². The molecule has 0 bridgehead atoms. The molecule has 0 saturated carbocycles. The molecule has 0 amide bonds. The van der Waals surface area contributed by atoms with Crippen molar-refractivity contribution in [3.63, 3.8) is 0 Å². The monoisotopic (exact) mass is 471 g/mol. The molecule has 2 aliphatic rings. The first-order valence-corrected chi connectivity index (χ1v) is 11.2. The zero-order valence-electron chi connectivity index (χ0n) is 19.5. The average Bonchev–Trinajstić information content (AvgIpc) is 2.85. The quantitative estimate of drug-likeness (QED) is 0.326. The van der Waals surface area contributed by atoms with E-state index in [1.807, 2.05) is 66.9 Å². The highest BCUT2D eigenvalue weighted by Gasteiger charge is 2.18. The summed E-state index contributed by atoms with van der Waals surface area (Å²) in [5.74, 6) is -1.37. The molecule has 0 radical (unpaired) electrons. The summed E-state index contributed by atoms with van der Waals surface area (Å²) < 4.78 is 35.2. The van der Waals surface area contributed by atoms with Gasteiger partial charge < -0.3 is 14.6 Å². The van der Waals surface area contributed by atoms with E-state index in [0.717, 1.165) is 17.3 Å². The van der Waals surface area contributed by atoms with Gasteiger partial charge in [-0.3, -0.25) is 4.99 Å². The number of methoxy groups -OCH3 is 1. The Bertz CT molecular complexity index is 1580. The third kappa shape index (κ3) is 4.30. The minimum Gasteiger partial charge on any atom is -0.480 e. The summed E-state index contributed by atoms with van der Waals surface area (Å²) in [6, 6.07) is 18.9. The minimum atomic E-state index is -0.918. The zero-order valence-corrected chi connectivity index (χ0v) is 19.5. The number of anilines is 2. The van der Waals surface area contributed by atoms with Gasteiger partial charge in [-0.25, -0.2) is 18.7 Å². The third-order valence-corrected chi connectivity index (χ3v) is 5.49. The molecule has 0 unspecified atom stereocenters. The highest BCUT2D eigenvalue weighted by atomic mass is 19.2. The van der Waals surface area contributed by atoms with Crippen LogP contribution in [-0.2, 0) is 0 Å². The van der Waals surface area contributed by atoms with E-state index in [4.69, 9.17) is 14.7 Å². The number of hydrogen-bond donors (Lipinski definition) is 1. The molecule has 0 atom stereocenters. The predicted molar refractivity (Wildman–Crippen MR) is 132 cm³/mol. The van der Waals surface area contributed by atoms with E-state index in [1.165, 1.54) is 6.07 Å². The number of pyridine rings is 1. The van der Waals surface area contributed by atoms with Crippen LogP contribution < -0.4 is 15.4 Å². The van der Waals surface area contributed by atoms with Crippen molar-refractivity contribution in [2.24, 2.45) is 4.99 Å². The summed E-state index contributed by atoms with van der Waals surface area (Å²) in [5.41, 5.74) is 4.72. The second-order valence-electron chi connectivity index (χ2n) is 8.30. The van der Waals surface area contributed by atoms with Crippen LogP contribution in [0.1, 0.15) is 13.8 Å². The number of benzene rings is 3. The number of aromatic nitrogens is 3. The first kappa shape index (κ1) is 22.5. The summed E-state index contributed by atoms with van der Waals surface area (Å²) in [4.78, 5) is 13.9. The number of nitrogens with one attached hydrogen (secondary N) is 1. The second kappa shape index (κ2) is 9.13. The normalized spacial score (nSPS) is 12.0. The molecule has 0 saturated heterocycles. The maximum Gasteiger partial charge on any atom is 0.237 e. The molecule has 0 spiro atoms. The number of rotatable bonds is 5. The lowest BCUT2D eigenvalue weighted by atomic mass is 10.1. The molecule has 2 aromatic carbocycles. The number of para-hydroxylation sites is 2. The van der Waals surface area contributed by atoms with Crippen molar-refractivity contribution in [3.05, 3.63) is 89.9 Å². The largest absolute Gasteiger partial charge is 0.480 e. The summed E-state index contributed by atoms with van der Waals surface area (Å²) >= 11 is 0. The fraction of sp³-hybridized carbons (Fsp3) is 0.148. The summed E-state index contributed by atoms with van der Waals surface area (Å²) in [7, 11) is 1.56. The number of hydrogen-bond acceptors (Lipinski definition) is 5. The molecule has 0 fully saturated rings. The average molecular weight is 472 g/mol. The van der Waals surface area contributed by atoms with Gasteiger partial charge in [-0.05, 0) is 62.4 Å². The van der Waals surface area contributed by atoms with Crippen LogP contribution in [0.2, 0.25) is 0 Å². The van der Waals surface area contributed by atoms with E-state index in [9.17, 15) is 8.78 Å². The number of ether oxygens (including phenoxy) is 1. The SMILES string of the molecule is COc1ncccc1Nc1cc2nc3ccccc3n(-c3ccc(F)c(F)c3)c-2c/c1=N\C(C)C. The van der Waals surface area contributed by atoms with E-state index < -0.39 is 11.6 Å². The maximum atomic E-state index is 14.2. The molecule has 5 rings (SSSR count). The van der Waals surface area contributed by atoms with Gasteiger partial charge in [0.2, 0.25) is 5.88 Å². The molecule has 35 heavy (non-hydrogen) atoms. The van der Waals surface area contributed by atoms with Crippen molar-refractivity contribution in [2.45, 2.75) is 19.9 Å². The fourth-order valence-corrected chi connectivity index (χ4v) is 4.02. The van der Waals surface area contributed by atoms with Crippen LogP contribution in [0.5, 0.6) is 5.88 Å². The van der Waals surface area contributed by atoms with Gasteiger partial charge in [0.05, 0.1) is 40.6 Å². The Hall–Kier alpha value is -4.33. The molecule has 3 aromatic rings. The van der Waals surface area contributed by atoms with Crippen LogP contribution in [0.25, 0.3) is 28.1 Å². The highest BCUT2D eigenvalue weighted by molar-refractivity contribution is 5.84. The molecule has 1 N–H and O–H groups in total. The molecule has 8 heteroatoms. The maximum absolute atomic E-state index is 14.2. The van der Waals surface area contributed by atoms with Crippen molar-refractivity contribution < 1.29 is 13.5 Å². The molecule has 2 heterocycles. The Morgan fingerprint density at radius 1 is 0.943 bits per heavy atom. The lowest BCUT2D eigenvalue weighted by molar-refractivity contribution is 0.400. The molecular formula is C27H23F2N5O. The van der Waals surface area contributed by atoms with Crippen LogP contribution in [0.15, 0.2) is 77.9 Å². The standard InChI is InChI=1S/C27H23F2N5O/c1-16(2)31-23-15-26-24(14-22(23)33-21-8-6-12-30-27(21)35-3)32-20-7-4-5-9-25(20)34(26)17-10-11-18(28)19(29)13-17/h4-16,33H,1-3H3/b31-23+. The Balaban J connectivity index is 1.83. The number of nitrogens with zero attached hydrogens (tertiary/aromatic N) is 4. The van der Waals surface area contributed by atoms with E-state index in [0.29, 0.717) is 39.5 Å². The van der Waals surface area contributed by atoms with Crippen molar-refractivity contribution in [1.82, 2.24) is 14.5 Å². The first-order chi connectivity index (χ1) is 16.9. The number of halogens is 2. The Morgan fingerprint density at radius 3 is 2.54 bits per heavy atom.